The summed E-state index contributed by atoms with van der Waals surface area (Å²) in [5.74, 6) is -0.797. The minimum atomic E-state index is -1.07. The lowest BCUT2D eigenvalue weighted by Gasteiger charge is -2.21. The van der Waals surface area contributed by atoms with Crippen molar-refractivity contribution < 1.29 is 9.90 Å². The van der Waals surface area contributed by atoms with Crippen molar-refractivity contribution in [3.63, 3.8) is 0 Å². The zero-order chi connectivity index (χ0) is 14.0. The molecule has 6 heteroatoms. The van der Waals surface area contributed by atoms with E-state index >= 15 is 0 Å². The molecule has 1 aromatic carbocycles. The van der Waals surface area contributed by atoms with E-state index in [1.165, 1.54) is 6.20 Å². The van der Waals surface area contributed by atoms with Crippen molar-refractivity contribution in [2.45, 2.75) is 19.9 Å². The second kappa shape index (κ2) is 5.52. The molecule has 0 radical (unpaired) electrons. The van der Waals surface area contributed by atoms with Gasteiger partial charge in [-0.3, -0.25) is 0 Å². The quantitative estimate of drug-likeness (QED) is 0.939. The number of nitrogens with zero attached hydrogens (tertiary/aromatic N) is 3. The van der Waals surface area contributed by atoms with Crippen LogP contribution >= 0.6 is 15.9 Å². The summed E-state index contributed by atoms with van der Waals surface area (Å²) in [5, 5.41) is 16.5. The molecule has 0 saturated heterocycles. The van der Waals surface area contributed by atoms with E-state index in [1.807, 2.05) is 24.3 Å². The van der Waals surface area contributed by atoms with E-state index in [2.05, 4.69) is 40.1 Å². The first-order chi connectivity index (χ1) is 8.99. The van der Waals surface area contributed by atoms with Crippen LogP contribution in [0.5, 0.6) is 0 Å². The van der Waals surface area contributed by atoms with Gasteiger partial charge in [0.05, 0.1) is 12.2 Å². The summed E-state index contributed by atoms with van der Waals surface area (Å²) in [6, 6.07) is 7.88. The van der Waals surface area contributed by atoms with Gasteiger partial charge in [0.25, 0.3) is 0 Å². The first-order valence-corrected chi connectivity index (χ1v) is 6.69. The lowest BCUT2D eigenvalue weighted by molar-refractivity contribution is 0.0690. The zero-order valence-corrected chi connectivity index (χ0v) is 12.2. The van der Waals surface area contributed by atoms with E-state index in [-0.39, 0.29) is 17.7 Å². The summed E-state index contributed by atoms with van der Waals surface area (Å²) < 4.78 is 2.61. The Kier molecular flexibility index (Phi) is 3.99. The van der Waals surface area contributed by atoms with Crippen molar-refractivity contribution in [3.8, 4) is 0 Å². The molecule has 0 spiro atoms. The van der Waals surface area contributed by atoms with Crippen LogP contribution in [0.3, 0.4) is 0 Å². The van der Waals surface area contributed by atoms with Gasteiger partial charge in [-0.25, -0.2) is 9.48 Å². The zero-order valence-electron chi connectivity index (χ0n) is 10.6. The largest absolute Gasteiger partial charge is 0.476 e. The fourth-order valence-electron chi connectivity index (χ4n) is 2.01. The van der Waals surface area contributed by atoms with Gasteiger partial charge in [-0.05, 0) is 23.6 Å². The highest BCUT2D eigenvalue weighted by Gasteiger charge is 2.21. The molecule has 100 valence electrons. The first kappa shape index (κ1) is 13.7. The van der Waals surface area contributed by atoms with Gasteiger partial charge >= 0.3 is 5.97 Å². The van der Waals surface area contributed by atoms with Crippen molar-refractivity contribution in [1.82, 2.24) is 15.0 Å². The van der Waals surface area contributed by atoms with Gasteiger partial charge in [0.15, 0.2) is 5.69 Å². The highest BCUT2D eigenvalue weighted by atomic mass is 79.9. The van der Waals surface area contributed by atoms with Crippen molar-refractivity contribution in [2.24, 2.45) is 5.92 Å². The third kappa shape index (κ3) is 3.01. The van der Waals surface area contributed by atoms with Crippen LogP contribution in [-0.2, 0) is 0 Å². The Morgan fingerprint density at radius 1 is 1.32 bits per heavy atom. The molecule has 0 aliphatic rings. The number of hydrogen-bond acceptors (Lipinski definition) is 3. The number of halogens is 1. The van der Waals surface area contributed by atoms with Gasteiger partial charge in [0.1, 0.15) is 0 Å². The predicted molar refractivity (Wildman–Crippen MR) is 74.1 cm³/mol. The number of carboxylic acids is 1. The monoisotopic (exact) mass is 323 g/mol. The second-order valence-electron chi connectivity index (χ2n) is 4.63. The van der Waals surface area contributed by atoms with Gasteiger partial charge in [-0.15, -0.1) is 5.10 Å². The summed E-state index contributed by atoms with van der Waals surface area (Å²) in [7, 11) is 0. The van der Waals surface area contributed by atoms with Crippen LogP contribution < -0.4 is 0 Å². The van der Waals surface area contributed by atoms with Crippen LogP contribution in [0.1, 0.15) is 35.9 Å². The number of aromatic nitrogens is 3. The van der Waals surface area contributed by atoms with E-state index in [0.29, 0.717) is 0 Å². The fraction of sp³-hybridized carbons (Fsp3) is 0.308. The summed E-state index contributed by atoms with van der Waals surface area (Å²) >= 11 is 3.40. The van der Waals surface area contributed by atoms with Gasteiger partial charge in [-0.2, -0.15) is 0 Å². The van der Waals surface area contributed by atoms with Gasteiger partial charge < -0.3 is 5.11 Å². The maximum atomic E-state index is 10.9. The van der Waals surface area contributed by atoms with Gasteiger partial charge in [0, 0.05) is 4.47 Å². The van der Waals surface area contributed by atoms with Crippen molar-refractivity contribution in [1.29, 1.82) is 0 Å². The molecule has 1 N–H and O–H groups in total. The average molecular weight is 324 g/mol. The maximum absolute atomic E-state index is 10.9. The molecule has 0 saturated carbocycles. The molecule has 1 unspecified atom stereocenters. The Labute approximate surface area is 119 Å². The Hall–Kier alpha value is -1.69. The van der Waals surface area contributed by atoms with Crippen LogP contribution in [0, 0.1) is 5.92 Å². The third-order valence-electron chi connectivity index (χ3n) is 2.86. The molecule has 0 aliphatic heterocycles. The third-order valence-corrected chi connectivity index (χ3v) is 3.39. The second-order valence-corrected chi connectivity index (χ2v) is 5.55. The van der Waals surface area contributed by atoms with Crippen LogP contribution in [0.4, 0.5) is 0 Å². The van der Waals surface area contributed by atoms with Crippen molar-refractivity contribution in [2.75, 3.05) is 0 Å². The van der Waals surface area contributed by atoms with E-state index in [1.54, 1.807) is 4.68 Å². The summed E-state index contributed by atoms with van der Waals surface area (Å²) in [5.41, 5.74) is 1.03. The molecular formula is C13H14BrN3O2. The smallest absolute Gasteiger partial charge is 0.358 e. The van der Waals surface area contributed by atoms with Crippen LogP contribution in [0.2, 0.25) is 0 Å². The van der Waals surface area contributed by atoms with E-state index < -0.39 is 5.97 Å². The van der Waals surface area contributed by atoms with Gasteiger partial charge in [-0.1, -0.05) is 47.1 Å². The van der Waals surface area contributed by atoms with Crippen molar-refractivity contribution in [3.05, 3.63) is 46.2 Å². The molecule has 0 bridgehead atoms. The van der Waals surface area contributed by atoms with Crippen LogP contribution in [0.25, 0.3) is 0 Å². The van der Waals surface area contributed by atoms with E-state index in [9.17, 15) is 4.79 Å². The molecule has 0 amide bonds. The van der Waals surface area contributed by atoms with Gasteiger partial charge in [0.2, 0.25) is 0 Å². The Morgan fingerprint density at radius 3 is 2.42 bits per heavy atom. The van der Waals surface area contributed by atoms with Crippen LogP contribution in [-0.4, -0.2) is 26.1 Å². The molecule has 1 heterocycles. The Bertz CT molecular complexity index is 578. The number of hydrogen-bond donors (Lipinski definition) is 1. The molecular weight excluding hydrogens is 310 g/mol. The average Bonchev–Trinajstić information content (AvgIpc) is 2.81. The number of aromatic carboxylic acids is 1. The lowest BCUT2D eigenvalue weighted by Crippen LogP contribution is -2.17. The SMILES string of the molecule is CC(C)C(c1ccc(Br)cc1)n1cc(C(=O)O)nn1. The molecule has 1 atom stereocenters. The number of carbonyl (C=O) groups is 1. The molecule has 1 aromatic heterocycles. The topological polar surface area (TPSA) is 68.0 Å². The fourth-order valence-corrected chi connectivity index (χ4v) is 2.28. The standard InChI is InChI=1S/C13H14BrN3O2/c1-8(2)12(9-3-5-10(14)6-4-9)17-7-11(13(18)19)15-16-17/h3-8,12H,1-2H3,(H,18,19). The number of rotatable bonds is 4. The lowest BCUT2D eigenvalue weighted by atomic mass is 9.96. The highest BCUT2D eigenvalue weighted by molar-refractivity contribution is 9.10. The molecule has 0 fully saturated rings. The summed E-state index contributed by atoms with van der Waals surface area (Å²) in [6.45, 7) is 4.13. The molecule has 5 nitrogen and oxygen atoms in total. The number of carboxylic acid groups (broad SMARTS) is 1. The molecule has 19 heavy (non-hydrogen) atoms. The molecule has 2 rings (SSSR count). The number of benzene rings is 1. The first-order valence-electron chi connectivity index (χ1n) is 5.89. The normalized spacial score (nSPS) is 12.6. The Balaban J connectivity index is 2.39. The van der Waals surface area contributed by atoms with E-state index in [4.69, 9.17) is 5.11 Å². The summed E-state index contributed by atoms with van der Waals surface area (Å²) in [4.78, 5) is 10.9. The Morgan fingerprint density at radius 2 is 1.95 bits per heavy atom. The molecule has 2 aromatic rings. The van der Waals surface area contributed by atoms with Crippen molar-refractivity contribution >= 4 is 21.9 Å². The minimum absolute atomic E-state index is 0.0336. The minimum Gasteiger partial charge on any atom is -0.476 e. The highest BCUT2D eigenvalue weighted by Crippen LogP contribution is 2.26. The van der Waals surface area contributed by atoms with Crippen LogP contribution in [0.15, 0.2) is 34.9 Å². The maximum Gasteiger partial charge on any atom is 0.358 e. The molecule has 0 aliphatic carbocycles. The summed E-state index contributed by atoms with van der Waals surface area (Å²) in [6.07, 6.45) is 1.47. The predicted octanol–water partition coefficient (Wildman–Crippen LogP) is 2.98. The van der Waals surface area contributed by atoms with E-state index in [0.717, 1.165) is 10.0 Å².